The predicted octanol–water partition coefficient (Wildman–Crippen LogP) is 3.21. The number of anilines is 1. The molecule has 1 aromatic carbocycles. The van der Waals surface area contributed by atoms with E-state index in [2.05, 4.69) is 4.98 Å². The summed E-state index contributed by atoms with van der Waals surface area (Å²) in [5, 5.41) is 11.1. The fourth-order valence-electron chi connectivity index (χ4n) is 1.98. The van der Waals surface area contributed by atoms with E-state index < -0.39 is 5.97 Å². The number of methoxy groups -OCH3 is 1. The predicted molar refractivity (Wildman–Crippen MR) is 106 cm³/mol. The second-order valence-corrected chi connectivity index (χ2v) is 7.23. The van der Waals surface area contributed by atoms with Crippen molar-refractivity contribution in [3.8, 4) is 5.75 Å². The molecule has 27 heavy (non-hydrogen) atoms. The standard InChI is InChI=1S/C18H18N2O5S2/c1-11(21)20(2)18-19-13(9-27-18)5-6-14(22)12-4-7-16(15(8-12)25-3)26-10-17(23)24/h4-9H,10H2,1-3H3,(H,23,24)/b6-5+. The van der Waals surface area contributed by atoms with Crippen LogP contribution in [0.1, 0.15) is 23.0 Å². The van der Waals surface area contributed by atoms with Gasteiger partial charge >= 0.3 is 5.97 Å². The monoisotopic (exact) mass is 406 g/mol. The zero-order chi connectivity index (χ0) is 20.0. The molecule has 1 heterocycles. The highest BCUT2D eigenvalue weighted by Gasteiger charge is 2.12. The molecule has 0 aliphatic carbocycles. The molecule has 2 rings (SSSR count). The Kier molecular flexibility index (Phi) is 7.14. The molecule has 0 radical (unpaired) electrons. The number of thiazole rings is 1. The Hall–Kier alpha value is -2.65. The zero-order valence-electron chi connectivity index (χ0n) is 15.0. The summed E-state index contributed by atoms with van der Waals surface area (Å²) in [5.41, 5.74) is 0.996. The van der Waals surface area contributed by atoms with E-state index >= 15 is 0 Å². The van der Waals surface area contributed by atoms with Gasteiger partial charge in [0.2, 0.25) is 5.91 Å². The van der Waals surface area contributed by atoms with Crippen molar-refractivity contribution >= 4 is 52.0 Å². The van der Waals surface area contributed by atoms with Crippen molar-refractivity contribution in [2.75, 3.05) is 24.8 Å². The molecule has 0 atom stereocenters. The lowest BCUT2D eigenvalue weighted by Gasteiger charge is -2.09. The van der Waals surface area contributed by atoms with Crippen LogP contribution in [0.2, 0.25) is 0 Å². The number of ether oxygens (including phenoxy) is 1. The van der Waals surface area contributed by atoms with E-state index in [0.717, 1.165) is 11.8 Å². The number of hydrogen-bond acceptors (Lipinski definition) is 7. The molecule has 9 heteroatoms. The molecule has 2 aromatic rings. The summed E-state index contributed by atoms with van der Waals surface area (Å²) in [7, 11) is 3.10. The summed E-state index contributed by atoms with van der Waals surface area (Å²) >= 11 is 2.43. The van der Waals surface area contributed by atoms with Crippen molar-refractivity contribution in [2.45, 2.75) is 11.8 Å². The lowest BCUT2D eigenvalue weighted by molar-refractivity contribution is -0.133. The van der Waals surface area contributed by atoms with Crippen molar-refractivity contribution in [1.82, 2.24) is 4.98 Å². The number of rotatable bonds is 8. The maximum absolute atomic E-state index is 12.4. The van der Waals surface area contributed by atoms with Crippen LogP contribution in [0.3, 0.4) is 0 Å². The van der Waals surface area contributed by atoms with Crippen molar-refractivity contribution in [3.63, 3.8) is 0 Å². The first kappa shape index (κ1) is 20.7. The van der Waals surface area contributed by atoms with Gasteiger partial charge in [0.25, 0.3) is 0 Å². The van der Waals surface area contributed by atoms with Crippen LogP contribution in [0, 0.1) is 0 Å². The summed E-state index contributed by atoms with van der Waals surface area (Å²) in [6.07, 6.45) is 2.97. The maximum Gasteiger partial charge on any atom is 0.313 e. The van der Waals surface area contributed by atoms with Gasteiger partial charge in [0.1, 0.15) is 5.75 Å². The Morgan fingerprint density at radius 2 is 2.11 bits per heavy atom. The van der Waals surface area contributed by atoms with Crippen molar-refractivity contribution < 1.29 is 24.2 Å². The molecular weight excluding hydrogens is 388 g/mol. The number of allylic oxidation sites excluding steroid dienone is 1. The van der Waals surface area contributed by atoms with Gasteiger partial charge in [0, 0.05) is 29.8 Å². The number of ketones is 1. The molecule has 1 amide bonds. The van der Waals surface area contributed by atoms with Gasteiger partial charge in [-0.25, -0.2) is 4.98 Å². The van der Waals surface area contributed by atoms with Gasteiger partial charge in [0.05, 0.1) is 18.6 Å². The van der Waals surface area contributed by atoms with E-state index in [0.29, 0.717) is 27.0 Å². The van der Waals surface area contributed by atoms with Crippen LogP contribution in [0.4, 0.5) is 5.13 Å². The van der Waals surface area contributed by atoms with Gasteiger partial charge in [-0.1, -0.05) is 0 Å². The Balaban J connectivity index is 2.12. The molecule has 0 saturated carbocycles. The Bertz CT molecular complexity index is 892. The minimum Gasteiger partial charge on any atom is -0.496 e. The van der Waals surface area contributed by atoms with Crippen LogP contribution < -0.4 is 9.64 Å². The van der Waals surface area contributed by atoms with Crippen LogP contribution in [-0.2, 0) is 9.59 Å². The molecule has 142 valence electrons. The van der Waals surface area contributed by atoms with Crippen LogP contribution in [0.5, 0.6) is 5.75 Å². The van der Waals surface area contributed by atoms with Crippen molar-refractivity contribution in [2.24, 2.45) is 0 Å². The lowest BCUT2D eigenvalue weighted by Crippen LogP contribution is -2.22. The van der Waals surface area contributed by atoms with Gasteiger partial charge in [0.15, 0.2) is 10.9 Å². The first-order valence-electron chi connectivity index (χ1n) is 7.76. The molecule has 0 spiro atoms. The summed E-state index contributed by atoms with van der Waals surface area (Å²) in [6, 6.07) is 4.86. The highest BCUT2D eigenvalue weighted by Crippen LogP contribution is 2.30. The number of nitrogens with zero attached hydrogens (tertiary/aromatic N) is 2. The third-order valence-corrected chi connectivity index (χ3v) is 5.45. The van der Waals surface area contributed by atoms with E-state index in [-0.39, 0.29) is 17.4 Å². The minimum atomic E-state index is -0.928. The normalized spacial score (nSPS) is 10.8. The summed E-state index contributed by atoms with van der Waals surface area (Å²) in [6.45, 7) is 1.45. The first-order chi connectivity index (χ1) is 12.8. The Labute approximate surface area is 164 Å². The zero-order valence-corrected chi connectivity index (χ0v) is 16.6. The Morgan fingerprint density at radius 1 is 1.37 bits per heavy atom. The van der Waals surface area contributed by atoms with Crippen LogP contribution in [-0.4, -0.2) is 47.7 Å². The molecule has 1 aromatic heterocycles. The van der Waals surface area contributed by atoms with E-state index in [9.17, 15) is 14.4 Å². The largest absolute Gasteiger partial charge is 0.496 e. The van der Waals surface area contributed by atoms with Gasteiger partial charge in [-0.2, -0.15) is 0 Å². The average Bonchev–Trinajstić information content (AvgIpc) is 3.12. The maximum atomic E-state index is 12.4. The number of carbonyl (C=O) groups excluding carboxylic acids is 2. The summed E-state index contributed by atoms with van der Waals surface area (Å²) in [5.74, 6) is -0.936. The second kappa shape index (κ2) is 9.33. The van der Waals surface area contributed by atoms with Crippen molar-refractivity contribution in [1.29, 1.82) is 0 Å². The summed E-state index contributed by atoms with van der Waals surface area (Å²) in [4.78, 5) is 40.8. The van der Waals surface area contributed by atoms with Crippen molar-refractivity contribution in [3.05, 3.63) is 40.9 Å². The topological polar surface area (TPSA) is 96.8 Å². The number of carboxylic acids is 1. The molecular formula is C18H18N2O5S2. The fraction of sp³-hybridized carbons (Fsp3) is 0.222. The summed E-state index contributed by atoms with van der Waals surface area (Å²) < 4.78 is 5.25. The van der Waals surface area contributed by atoms with E-state index in [1.54, 1.807) is 36.7 Å². The van der Waals surface area contributed by atoms with E-state index in [4.69, 9.17) is 9.84 Å². The van der Waals surface area contributed by atoms with Gasteiger partial charge in [-0.15, -0.1) is 23.1 Å². The van der Waals surface area contributed by atoms with Crippen LogP contribution >= 0.6 is 23.1 Å². The SMILES string of the molecule is COc1cc(C(=O)/C=C/c2csc(N(C)C(C)=O)n2)ccc1SCC(=O)O. The van der Waals surface area contributed by atoms with Gasteiger partial charge in [-0.05, 0) is 30.4 Å². The number of carboxylic acid groups (broad SMARTS) is 1. The first-order valence-corrected chi connectivity index (χ1v) is 9.63. The number of benzene rings is 1. The highest BCUT2D eigenvalue weighted by atomic mass is 32.2. The number of thioether (sulfide) groups is 1. The fourth-order valence-corrected chi connectivity index (χ4v) is 3.51. The molecule has 0 bridgehead atoms. The third-order valence-electron chi connectivity index (χ3n) is 3.47. The molecule has 0 aliphatic rings. The second-order valence-electron chi connectivity index (χ2n) is 5.38. The number of carbonyl (C=O) groups is 3. The molecule has 7 nitrogen and oxygen atoms in total. The van der Waals surface area contributed by atoms with Crippen LogP contribution in [0.25, 0.3) is 6.08 Å². The van der Waals surface area contributed by atoms with Gasteiger partial charge < -0.3 is 9.84 Å². The van der Waals surface area contributed by atoms with E-state index in [1.165, 1.54) is 36.3 Å². The minimum absolute atomic E-state index is 0.0928. The third kappa shape index (κ3) is 5.66. The number of aromatic nitrogens is 1. The number of amides is 1. The molecule has 0 unspecified atom stereocenters. The van der Waals surface area contributed by atoms with Gasteiger partial charge in [-0.3, -0.25) is 19.3 Å². The molecule has 0 fully saturated rings. The quantitative estimate of drug-likeness (QED) is 0.408. The lowest BCUT2D eigenvalue weighted by atomic mass is 10.1. The molecule has 0 saturated heterocycles. The van der Waals surface area contributed by atoms with Crippen LogP contribution in [0.15, 0.2) is 34.6 Å². The average molecular weight is 406 g/mol. The highest BCUT2D eigenvalue weighted by molar-refractivity contribution is 8.00. The Morgan fingerprint density at radius 3 is 2.74 bits per heavy atom. The molecule has 0 aliphatic heterocycles. The number of hydrogen-bond donors (Lipinski definition) is 1. The molecule has 1 N–H and O–H groups in total. The number of aliphatic carboxylic acids is 1. The smallest absolute Gasteiger partial charge is 0.313 e. The van der Waals surface area contributed by atoms with E-state index in [1.807, 2.05) is 0 Å².